The molecule has 24 heavy (non-hydrogen) atoms. The summed E-state index contributed by atoms with van der Waals surface area (Å²) in [5.41, 5.74) is 2.38. The van der Waals surface area contributed by atoms with Crippen LogP contribution in [-0.4, -0.2) is 29.0 Å². The Kier molecular flexibility index (Phi) is 4.00. The molecule has 122 valence electrons. The molecule has 0 aliphatic rings. The largest absolute Gasteiger partial charge is 0.293 e. The molecule has 8 heteroatoms. The van der Waals surface area contributed by atoms with E-state index < -0.39 is 10.0 Å². The van der Waals surface area contributed by atoms with Crippen LogP contribution in [0.5, 0.6) is 0 Å². The topological polar surface area (TPSA) is 108 Å². The Morgan fingerprint density at radius 3 is 2.42 bits per heavy atom. The SMILES string of the molecule is CC(=O)c1cc(-c2cccnc2)n(-c2ccc(S(N)(=O)=O)cc2)n1. The van der Waals surface area contributed by atoms with Crippen LogP contribution in [0.25, 0.3) is 16.9 Å². The van der Waals surface area contributed by atoms with Gasteiger partial charge in [-0.25, -0.2) is 18.2 Å². The van der Waals surface area contributed by atoms with E-state index in [2.05, 4.69) is 10.1 Å². The predicted molar refractivity (Wildman–Crippen MR) is 88.2 cm³/mol. The summed E-state index contributed by atoms with van der Waals surface area (Å²) in [7, 11) is -3.77. The fourth-order valence-electron chi connectivity index (χ4n) is 2.25. The number of ketones is 1. The Labute approximate surface area is 138 Å². The maximum absolute atomic E-state index is 11.7. The number of nitrogens with two attached hydrogens (primary N) is 1. The molecule has 0 saturated heterocycles. The molecule has 3 aromatic rings. The van der Waals surface area contributed by atoms with E-state index in [1.165, 1.54) is 19.1 Å². The molecule has 2 heterocycles. The predicted octanol–water partition coefficient (Wildman–Crippen LogP) is 1.78. The lowest BCUT2D eigenvalue weighted by Gasteiger charge is -2.08. The molecule has 3 rings (SSSR count). The highest BCUT2D eigenvalue weighted by Gasteiger charge is 2.15. The van der Waals surface area contributed by atoms with Crippen molar-refractivity contribution in [3.63, 3.8) is 0 Å². The summed E-state index contributed by atoms with van der Waals surface area (Å²) in [6.45, 7) is 1.43. The van der Waals surface area contributed by atoms with Crippen LogP contribution in [0, 0.1) is 0 Å². The third kappa shape index (κ3) is 3.10. The first kappa shape index (κ1) is 16.0. The van der Waals surface area contributed by atoms with Crippen molar-refractivity contribution in [3.8, 4) is 16.9 Å². The van der Waals surface area contributed by atoms with E-state index in [0.29, 0.717) is 17.1 Å². The second-order valence-electron chi connectivity index (χ2n) is 5.16. The monoisotopic (exact) mass is 342 g/mol. The molecular formula is C16H14N4O3S. The highest BCUT2D eigenvalue weighted by atomic mass is 32.2. The van der Waals surface area contributed by atoms with Crippen molar-refractivity contribution in [1.29, 1.82) is 0 Å². The lowest BCUT2D eigenvalue weighted by molar-refractivity contribution is 0.101. The standard InChI is InChI=1S/C16H14N4O3S/c1-11(21)15-9-16(12-3-2-8-18-10-12)20(19-15)13-4-6-14(7-5-13)24(17,22)23/h2-10H,1H3,(H2,17,22,23). The van der Waals surface area contributed by atoms with Crippen LogP contribution in [0.2, 0.25) is 0 Å². The van der Waals surface area contributed by atoms with Gasteiger partial charge in [0.2, 0.25) is 10.0 Å². The minimum absolute atomic E-state index is 0.00752. The van der Waals surface area contributed by atoms with E-state index in [1.807, 2.05) is 6.07 Å². The van der Waals surface area contributed by atoms with Crippen molar-refractivity contribution in [2.24, 2.45) is 5.14 Å². The van der Waals surface area contributed by atoms with E-state index in [-0.39, 0.29) is 10.7 Å². The van der Waals surface area contributed by atoms with Crippen LogP contribution in [0.15, 0.2) is 59.8 Å². The molecule has 0 amide bonds. The maximum Gasteiger partial charge on any atom is 0.238 e. The first-order valence-corrected chi connectivity index (χ1v) is 8.55. The number of hydrogen-bond donors (Lipinski definition) is 1. The van der Waals surface area contributed by atoms with Gasteiger partial charge in [0.15, 0.2) is 5.78 Å². The number of sulfonamides is 1. The zero-order chi connectivity index (χ0) is 17.3. The maximum atomic E-state index is 11.7. The Morgan fingerprint density at radius 1 is 1.17 bits per heavy atom. The summed E-state index contributed by atoms with van der Waals surface area (Å²) < 4.78 is 24.3. The van der Waals surface area contributed by atoms with E-state index in [0.717, 1.165) is 5.56 Å². The first-order valence-electron chi connectivity index (χ1n) is 7.01. The van der Waals surface area contributed by atoms with E-state index in [4.69, 9.17) is 5.14 Å². The van der Waals surface area contributed by atoms with Crippen molar-refractivity contribution in [3.05, 3.63) is 60.6 Å². The van der Waals surface area contributed by atoms with Gasteiger partial charge in [-0.1, -0.05) is 0 Å². The summed E-state index contributed by atoms with van der Waals surface area (Å²) in [5.74, 6) is -0.167. The molecule has 0 atom stereocenters. The van der Waals surface area contributed by atoms with Crippen LogP contribution in [0.4, 0.5) is 0 Å². The zero-order valence-corrected chi connectivity index (χ0v) is 13.6. The number of primary sulfonamides is 1. The molecule has 0 aliphatic heterocycles. The lowest BCUT2D eigenvalue weighted by atomic mass is 10.2. The van der Waals surface area contributed by atoms with Gasteiger partial charge in [-0.05, 0) is 42.5 Å². The van der Waals surface area contributed by atoms with Crippen molar-refractivity contribution in [1.82, 2.24) is 14.8 Å². The normalized spacial score (nSPS) is 11.4. The van der Waals surface area contributed by atoms with E-state index in [9.17, 15) is 13.2 Å². The molecular weight excluding hydrogens is 328 g/mol. The van der Waals surface area contributed by atoms with Gasteiger partial charge in [0.25, 0.3) is 0 Å². The van der Waals surface area contributed by atoms with Crippen LogP contribution in [0.3, 0.4) is 0 Å². The average Bonchev–Trinajstić information content (AvgIpc) is 3.00. The molecule has 0 fully saturated rings. The minimum atomic E-state index is -3.77. The average molecular weight is 342 g/mol. The molecule has 0 saturated carbocycles. The molecule has 2 N–H and O–H groups in total. The number of carbonyl (C=O) groups is 1. The summed E-state index contributed by atoms with van der Waals surface area (Å²) >= 11 is 0. The van der Waals surface area contributed by atoms with Crippen LogP contribution in [0.1, 0.15) is 17.4 Å². The summed E-state index contributed by atoms with van der Waals surface area (Å²) in [6, 6.07) is 11.3. The lowest BCUT2D eigenvalue weighted by Crippen LogP contribution is -2.12. The molecule has 1 aromatic carbocycles. The highest BCUT2D eigenvalue weighted by Crippen LogP contribution is 2.24. The van der Waals surface area contributed by atoms with Crippen LogP contribution < -0.4 is 5.14 Å². The molecule has 2 aromatic heterocycles. The van der Waals surface area contributed by atoms with Crippen LogP contribution >= 0.6 is 0 Å². The van der Waals surface area contributed by atoms with Crippen molar-refractivity contribution in [2.75, 3.05) is 0 Å². The number of nitrogens with zero attached hydrogens (tertiary/aromatic N) is 3. The highest BCUT2D eigenvalue weighted by molar-refractivity contribution is 7.89. The second-order valence-corrected chi connectivity index (χ2v) is 6.72. The Morgan fingerprint density at radius 2 is 1.88 bits per heavy atom. The van der Waals surface area contributed by atoms with Gasteiger partial charge in [-0.15, -0.1) is 0 Å². The summed E-state index contributed by atoms with van der Waals surface area (Å²) in [4.78, 5) is 15.8. The van der Waals surface area contributed by atoms with Gasteiger partial charge in [0, 0.05) is 24.9 Å². The van der Waals surface area contributed by atoms with Gasteiger partial charge >= 0.3 is 0 Å². The second kappa shape index (κ2) is 5.99. The summed E-state index contributed by atoms with van der Waals surface area (Å²) in [6.07, 6.45) is 3.31. The van der Waals surface area contributed by atoms with Gasteiger partial charge in [0.05, 0.1) is 16.3 Å². The van der Waals surface area contributed by atoms with E-state index >= 15 is 0 Å². The minimum Gasteiger partial charge on any atom is -0.293 e. The Bertz CT molecular complexity index is 994. The number of pyridine rings is 1. The Balaban J connectivity index is 2.15. The molecule has 0 bridgehead atoms. The molecule has 0 spiro atoms. The van der Waals surface area contributed by atoms with Crippen molar-refractivity contribution >= 4 is 15.8 Å². The fourth-order valence-corrected chi connectivity index (χ4v) is 2.76. The van der Waals surface area contributed by atoms with E-state index in [1.54, 1.807) is 41.3 Å². The smallest absolute Gasteiger partial charge is 0.238 e. The van der Waals surface area contributed by atoms with Gasteiger partial charge in [-0.2, -0.15) is 5.10 Å². The number of rotatable bonds is 4. The van der Waals surface area contributed by atoms with Crippen molar-refractivity contribution < 1.29 is 13.2 Å². The third-order valence-electron chi connectivity index (χ3n) is 3.44. The number of Topliss-reactive ketones (excluding diaryl/α,β-unsaturated/α-hetero) is 1. The van der Waals surface area contributed by atoms with Crippen molar-refractivity contribution in [2.45, 2.75) is 11.8 Å². The fraction of sp³-hybridized carbons (Fsp3) is 0.0625. The molecule has 7 nitrogen and oxygen atoms in total. The number of carbonyl (C=O) groups excluding carboxylic acids is 1. The molecule has 0 aliphatic carbocycles. The first-order chi connectivity index (χ1) is 11.4. The molecule has 0 unspecified atom stereocenters. The van der Waals surface area contributed by atoms with Gasteiger partial charge < -0.3 is 0 Å². The number of benzene rings is 1. The van der Waals surface area contributed by atoms with Gasteiger partial charge in [-0.3, -0.25) is 9.78 Å². The van der Waals surface area contributed by atoms with Gasteiger partial charge in [0.1, 0.15) is 5.69 Å². The summed E-state index contributed by atoms with van der Waals surface area (Å²) in [5, 5.41) is 9.41. The molecule has 0 radical (unpaired) electrons. The number of hydrogen-bond acceptors (Lipinski definition) is 5. The number of aromatic nitrogens is 3. The Hall–Kier alpha value is -2.84. The third-order valence-corrected chi connectivity index (χ3v) is 4.37. The zero-order valence-electron chi connectivity index (χ0n) is 12.7. The van der Waals surface area contributed by atoms with Crippen LogP contribution in [-0.2, 0) is 10.0 Å². The quantitative estimate of drug-likeness (QED) is 0.727.